The quantitative estimate of drug-likeness (QED) is 0.757. The minimum Gasteiger partial charge on any atom is -0.352 e. The maximum absolute atomic E-state index is 13.4. The molecule has 124 valence electrons. The second kappa shape index (κ2) is 6.19. The predicted molar refractivity (Wildman–Crippen MR) is 84.2 cm³/mol. The molecular weight excluding hydrogens is 315 g/mol. The molecule has 3 aromatic rings. The van der Waals surface area contributed by atoms with Crippen LogP contribution in [-0.2, 0) is 11.3 Å². The lowest BCUT2D eigenvalue weighted by Crippen LogP contribution is -2.36. The molecule has 0 radical (unpaired) electrons. The summed E-state index contributed by atoms with van der Waals surface area (Å²) in [6, 6.07) is 5.68. The molecule has 0 spiro atoms. The Hall–Kier alpha value is -3.10. The highest BCUT2D eigenvalue weighted by atomic mass is 19.1. The van der Waals surface area contributed by atoms with Crippen molar-refractivity contribution in [1.82, 2.24) is 29.9 Å². The van der Waals surface area contributed by atoms with Crippen molar-refractivity contribution < 1.29 is 9.18 Å². The molecule has 3 rings (SSSR count). The standard InChI is InChI=1S/C15H15FN6O2/c1-9(2)18-12(23)7-21-8-17-14-13(15(21)24)19-20-22(14)11-5-3-4-10(16)6-11/h3-6,8-9H,7H2,1-2H3,(H,18,23). The van der Waals surface area contributed by atoms with Gasteiger partial charge in [0.15, 0.2) is 11.2 Å². The smallest absolute Gasteiger partial charge is 0.284 e. The first-order valence-corrected chi connectivity index (χ1v) is 7.32. The molecule has 0 fully saturated rings. The lowest BCUT2D eigenvalue weighted by Gasteiger charge is -2.09. The fourth-order valence-electron chi connectivity index (χ4n) is 2.26. The molecule has 0 unspecified atom stereocenters. The van der Waals surface area contributed by atoms with Crippen LogP contribution in [0.3, 0.4) is 0 Å². The van der Waals surface area contributed by atoms with Gasteiger partial charge < -0.3 is 5.32 Å². The number of nitrogens with zero attached hydrogens (tertiary/aromatic N) is 5. The monoisotopic (exact) mass is 330 g/mol. The summed E-state index contributed by atoms with van der Waals surface area (Å²) in [5.74, 6) is -0.736. The molecule has 2 aromatic heterocycles. The average Bonchev–Trinajstić information content (AvgIpc) is 2.94. The molecule has 8 nitrogen and oxygen atoms in total. The van der Waals surface area contributed by atoms with Crippen LogP contribution in [0.4, 0.5) is 4.39 Å². The Morgan fingerprint density at radius 1 is 1.38 bits per heavy atom. The van der Waals surface area contributed by atoms with E-state index in [0.717, 1.165) is 4.57 Å². The van der Waals surface area contributed by atoms with E-state index < -0.39 is 11.4 Å². The summed E-state index contributed by atoms with van der Waals surface area (Å²) in [5, 5.41) is 10.4. The third kappa shape index (κ3) is 3.00. The molecule has 0 aliphatic rings. The molecule has 0 bridgehead atoms. The normalized spacial score (nSPS) is 11.2. The molecule has 1 N–H and O–H groups in total. The lowest BCUT2D eigenvalue weighted by molar-refractivity contribution is -0.122. The number of fused-ring (bicyclic) bond motifs is 1. The van der Waals surface area contributed by atoms with Crippen LogP contribution < -0.4 is 10.9 Å². The Kier molecular flexibility index (Phi) is 4.07. The van der Waals surface area contributed by atoms with Gasteiger partial charge in [-0.25, -0.2) is 9.37 Å². The van der Waals surface area contributed by atoms with Gasteiger partial charge in [0.2, 0.25) is 5.91 Å². The fourth-order valence-corrected chi connectivity index (χ4v) is 2.26. The summed E-state index contributed by atoms with van der Waals surface area (Å²) in [4.78, 5) is 28.3. The second-order valence-electron chi connectivity index (χ2n) is 5.55. The van der Waals surface area contributed by atoms with Gasteiger partial charge in [-0.3, -0.25) is 14.2 Å². The van der Waals surface area contributed by atoms with Gasteiger partial charge in [-0.1, -0.05) is 11.3 Å². The zero-order valence-corrected chi connectivity index (χ0v) is 13.1. The van der Waals surface area contributed by atoms with E-state index in [4.69, 9.17) is 0 Å². The van der Waals surface area contributed by atoms with Gasteiger partial charge in [-0.2, -0.15) is 4.68 Å². The largest absolute Gasteiger partial charge is 0.352 e. The molecular formula is C15H15FN6O2. The van der Waals surface area contributed by atoms with Crippen LogP contribution in [0.25, 0.3) is 16.9 Å². The average molecular weight is 330 g/mol. The number of aromatic nitrogens is 5. The molecule has 1 amide bonds. The van der Waals surface area contributed by atoms with Crippen LogP contribution in [0.2, 0.25) is 0 Å². The number of hydrogen-bond donors (Lipinski definition) is 1. The van der Waals surface area contributed by atoms with Gasteiger partial charge in [0.25, 0.3) is 5.56 Å². The topological polar surface area (TPSA) is 94.7 Å². The number of hydrogen-bond acceptors (Lipinski definition) is 5. The first kappa shape index (κ1) is 15.8. The number of carbonyl (C=O) groups excluding carboxylic acids is 1. The number of halogens is 1. The maximum Gasteiger partial charge on any atom is 0.284 e. The molecule has 24 heavy (non-hydrogen) atoms. The predicted octanol–water partition coefficient (Wildman–Crippen LogP) is 0.641. The van der Waals surface area contributed by atoms with Crippen molar-refractivity contribution in [2.75, 3.05) is 0 Å². The molecule has 0 saturated heterocycles. The van der Waals surface area contributed by atoms with Gasteiger partial charge in [0, 0.05) is 6.04 Å². The van der Waals surface area contributed by atoms with Crippen LogP contribution in [0.5, 0.6) is 0 Å². The van der Waals surface area contributed by atoms with Gasteiger partial charge >= 0.3 is 0 Å². The highest BCUT2D eigenvalue weighted by molar-refractivity contribution is 5.76. The SMILES string of the molecule is CC(C)NC(=O)Cn1cnc2c(nnn2-c2cccc(F)c2)c1=O. The minimum atomic E-state index is -0.485. The van der Waals surface area contributed by atoms with Crippen molar-refractivity contribution in [2.24, 2.45) is 0 Å². The Morgan fingerprint density at radius 2 is 2.17 bits per heavy atom. The number of benzene rings is 1. The first-order valence-electron chi connectivity index (χ1n) is 7.32. The van der Waals surface area contributed by atoms with E-state index >= 15 is 0 Å². The molecule has 1 aromatic carbocycles. The third-order valence-corrected chi connectivity index (χ3v) is 3.25. The van der Waals surface area contributed by atoms with E-state index in [1.807, 2.05) is 13.8 Å². The van der Waals surface area contributed by atoms with Crippen LogP contribution in [-0.4, -0.2) is 36.5 Å². The molecule has 9 heteroatoms. The lowest BCUT2D eigenvalue weighted by atomic mass is 10.3. The molecule has 0 aliphatic carbocycles. The van der Waals surface area contributed by atoms with Crippen molar-refractivity contribution >= 4 is 17.1 Å². The summed E-state index contributed by atoms with van der Waals surface area (Å²) in [6.45, 7) is 3.49. The van der Waals surface area contributed by atoms with E-state index in [1.165, 1.54) is 29.2 Å². The van der Waals surface area contributed by atoms with Gasteiger partial charge in [-0.15, -0.1) is 5.10 Å². The highest BCUT2D eigenvalue weighted by Crippen LogP contribution is 2.12. The van der Waals surface area contributed by atoms with Crippen LogP contribution in [0.15, 0.2) is 35.4 Å². The van der Waals surface area contributed by atoms with Crippen LogP contribution in [0.1, 0.15) is 13.8 Å². The Morgan fingerprint density at radius 3 is 2.88 bits per heavy atom. The van der Waals surface area contributed by atoms with Crippen molar-refractivity contribution in [3.63, 3.8) is 0 Å². The van der Waals surface area contributed by atoms with Crippen molar-refractivity contribution in [3.8, 4) is 5.69 Å². The number of amides is 1. The molecule has 0 aliphatic heterocycles. The summed E-state index contributed by atoms with van der Waals surface area (Å²) >= 11 is 0. The van der Waals surface area contributed by atoms with E-state index in [2.05, 4.69) is 20.6 Å². The van der Waals surface area contributed by atoms with Crippen molar-refractivity contribution in [2.45, 2.75) is 26.4 Å². The van der Waals surface area contributed by atoms with E-state index in [1.54, 1.807) is 6.07 Å². The van der Waals surface area contributed by atoms with Crippen molar-refractivity contribution in [1.29, 1.82) is 0 Å². The van der Waals surface area contributed by atoms with E-state index in [-0.39, 0.29) is 29.7 Å². The van der Waals surface area contributed by atoms with E-state index in [9.17, 15) is 14.0 Å². The summed E-state index contributed by atoms with van der Waals surface area (Å²) in [5.41, 5.74) is 0.131. The zero-order chi connectivity index (χ0) is 17.3. The summed E-state index contributed by atoms with van der Waals surface area (Å²) < 4.78 is 15.8. The number of carbonyl (C=O) groups is 1. The van der Waals surface area contributed by atoms with Crippen molar-refractivity contribution in [3.05, 3.63) is 46.8 Å². The summed E-state index contributed by atoms with van der Waals surface area (Å²) in [6.07, 6.45) is 1.25. The summed E-state index contributed by atoms with van der Waals surface area (Å²) in [7, 11) is 0. The number of rotatable bonds is 4. The zero-order valence-electron chi connectivity index (χ0n) is 13.1. The van der Waals surface area contributed by atoms with Crippen LogP contribution >= 0.6 is 0 Å². The minimum absolute atomic E-state index is 0.0131. The Labute approximate surface area is 135 Å². The number of nitrogens with one attached hydrogen (secondary N) is 1. The van der Waals surface area contributed by atoms with Gasteiger partial charge in [0.05, 0.1) is 5.69 Å². The Balaban J connectivity index is 2.00. The highest BCUT2D eigenvalue weighted by Gasteiger charge is 2.15. The Bertz CT molecular complexity index is 962. The van der Waals surface area contributed by atoms with Gasteiger partial charge in [-0.05, 0) is 32.0 Å². The van der Waals surface area contributed by atoms with Gasteiger partial charge in [0.1, 0.15) is 18.7 Å². The van der Waals surface area contributed by atoms with E-state index in [0.29, 0.717) is 5.69 Å². The first-order chi connectivity index (χ1) is 11.5. The second-order valence-corrected chi connectivity index (χ2v) is 5.55. The fraction of sp³-hybridized carbons (Fsp3) is 0.267. The molecule has 2 heterocycles. The maximum atomic E-state index is 13.4. The third-order valence-electron chi connectivity index (χ3n) is 3.25. The molecule has 0 atom stereocenters. The molecule has 0 saturated carbocycles. The van der Waals surface area contributed by atoms with Crippen LogP contribution in [0, 0.1) is 5.82 Å².